The normalized spacial score (nSPS) is 14.7. The van der Waals surface area contributed by atoms with Gasteiger partial charge in [0.1, 0.15) is 0 Å². The van der Waals surface area contributed by atoms with Gasteiger partial charge in [-0.15, -0.1) is 0 Å². The molecule has 0 fully saturated rings. The molecule has 118 valence electrons. The van der Waals surface area contributed by atoms with Crippen LogP contribution in [0.2, 0.25) is 0 Å². The summed E-state index contributed by atoms with van der Waals surface area (Å²) in [6.45, 7) is 0. The molecule has 0 unspecified atom stereocenters. The van der Waals surface area contributed by atoms with Crippen molar-refractivity contribution in [3.05, 3.63) is 59.8 Å². The van der Waals surface area contributed by atoms with Gasteiger partial charge in [0.25, 0.3) is 5.91 Å². The van der Waals surface area contributed by atoms with E-state index in [1.54, 1.807) is 18.2 Å². The molecule has 1 aliphatic heterocycles. The van der Waals surface area contributed by atoms with Crippen molar-refractivity contribution in [2.75, 3.05) is 5.32 Å². The fourth-order valence-electron chi connectivity index (χ4n) is 2.91. The van der Waals surface area contributed by atoms with Gasteiger partial charge in [-0.2, -0.15) is 0 Å². The number of aliphatic imine (C=N–C) groups is 1. The zero-order valence-corrected chi connectivity index (χ0v) is 12.7. The number of fused-ring (bicyclic) bond motifs is 2. The molecule has 6 heteroatoms. The van der Waals surface area contributed by atoms with Crippen molar-refractivity contribution in [2.24, 2.45) is 16.5 Å². The fraction of sp³-hybridized carbons (Fsp3) is 0. The third-order valence-corrected chi connectivity index (χ3v) is 3.97. The van der Waals surface area contributed by atoms with E-state index in [2.05, 4.69) is 15.3 Å². The molecule has 0 atom stereocenters. The van der Waals surface area contributed by atoms with Crippen LogP contribution < -0.4 is 16.8 Å². The summed E-state index contributed by atoms with van der Waals surface area (Å²) >= 11 is 0. The van der Waals surface area contributed by atoms with Crippen LogP contribution in [-0.2, 0) is 4.79 Å². The zero-order chi connectivity index (χ0) is 16.7. The van der Waals surface area contributed by atoms with Gasteiger partial charge in [-0.1, -0.05) is 18.2 Å². The summed E-state index contributed by atoms with van der Waals surface area (Å²) in [5.74, 6) is -0.161. The number of nitrogens with two attached hydrogens (primary N) is 2. The Labute approximate surface area is 137 Å². The maximum atomic E-state index is 12.4. The number of carbonyl (C=O) groups excluding carboxylic acids is 1. The number of amides is 1. The van der Waals surface area contributed by atoms with Crippen LogP contribution in [0.5, 0.6) is 0 Å². The summed E-state index contributed by atoms with van der Waals surface area (Å²) in [6, 6.07) is 13.3. The molecule has 0 saturated heterocycles. The summed E-state index contributed by atoms with van der Waals surface area (Å²) in [5.41, 5.74) is 15.6. The molecule has 0 saturated carbocycles. The number of H-pyrrole nitrogens is 1. The van der Waals surface area contributed by atoms with Crippen molar-refractivity contribution in [3.63, 3.8) is 0 Å². The van der Waals surface area contributed by atoms with Gasteiger partial charge in [0.05, 0.1) is 5.69 Å². The number of hydrogen-bond acceptors (Lipinski definition) is 2. The van der Waals surface area contributed by atoms with E-state index in [0.717, 1.165) is 27.7 Å². The summed E-state index contributed by atoms with van der Waals surface area (Å²) in [5, 5.41) is 3.92. The number of carbonyl (C=O) groups is 1. The van der Waals surface area contributed by atoms with Crippen molar-refractivity contribution in [1.29, 1.82) is 0 Å². The Balaban J connectivity index is 1.85. The number of benzene rings is 2. The molecule has 0 radical (unpaired) electrons. The molecular formula is C18H15N5O. The van der Waals surface area contributed by atoms with E-state index < -0.39 is 0 Å². The van der Waals surface area contributed by atoms with Crippen molar-refractivity contribution >= 4 is 45.8 Å². The van der Waals surface area contributed by atoms with Crippen LogP contribution >= 0.6 is 0 Å². The summed E-state index contributed by atoms with van der Waals surface area (Å²) in [6.07, 6.45) is 3.77. The van der Waals surface area contributed by atoms with Crippen LogP contribution in [0, 0.1) is 0 Å². The Morgan fingerprint density at radius 1 is 1.12 bits per heavy atom. The molecular weight excluding hydrogens is 302 g/mol. The number of guanidine groups is 1. The predicted molar refractivity (Wildman–Crippen MR) is 96.7 cm³/mol. The quantitative estimate of drug-likeness (QED) is 0.331. The number of nitrogens with one attached hydrogen (secondary N) is 2. The second-order valence-electron chi connectivity index (χ2n) is 5.57. The second-order valence-corrected chi connectivity index (χ2v) is 5.57. The van der Waals surface area contributed by atoms with Crippen LogP contribution in [0.3, 0.4) is 0 Å². The molecule has 0 spiro atoms. The minimum atomic E-state index is -0.142. The average Bonchev–Trinajstić information content (AvgIpc) is 3.09. The first kappa shape index (κ1) is 14.1. The topological polar surface area (TPSA) is 109 Å². The summed E-state index contributed by atoms with van der Waals surface area (Å²) < 4.78 is 0. The smallest absolute Gasteiger partial charge is 0.256 e. The molecule has 2 aromatic carbocycles. The Morgan fingerprint density at radius 3 is 2.79 bits per heavy atom. The van der Waals surface area contributed by atoms with E-state index >= 15 is 0 Å². The van der Waals surface area contributed by atoms with Gasteiger partial charge >= 0.3 is 0 Å². The first-order chi connectivity index (χ1) is 11.6. The van der Waals surface area contributed by atoms with Crippen LogP contribution in [0.15, 0.2) is 53.7 Å². The summed E-state index contributed by atoms with van der Waals surface area (Å²) in [4.78, 5) is 19.6. The number of nitrogens with zero attached hydrogens (tertiary/aromatic N) is 1. The van der Waals surface area contributed by atoms with Gasteiger partial charge in [0.15, 0.2) is 5.96 Å². The van der Waals surface area contributed by atoms with Crippen LogP contribution in [0.1, 0.15) is 11.1 Å². The van der Waals surface area contributed by atoms with E-state index in [4.69, 9.17) is 11.5 Å². The predicted octanol–water partition coefficient (Wildman–Crippen LogP) is 2.57. The molecule has 3 aromatic rings. The molecule has 6 N–H and O–H groups in total. The Kier molecular flexibility index (Phi) is 3.09. The minimum Gasteiger partial charge on any atom is -0.370 e. The van der Waals surface area contributed by atoms with Crippen molar-refractivity contribution in [3.8, 4) is 0 Å². The molecule has 24 heavy (non-hydrogen) atoms. The van der Waals surface area contributed by atoms with Crippen molar-refractivity contribution in [2.45, 2.75) is 0 Å². The summed E-state index contributed by atoms with van der Waals surface area (Å²) in [7, 11) is 0. The van der Waals surface area contributed by atoms with Crippen LogP contribution in [0.4, 0.5) is 11.4 Å². The lowest BCUT2D eigenvalue weighted by Crippen LogP contribution is -2.21. The molecule has 2 heterocycles. The number of hydrogen-bond donors (Lipinski definition) is 4. The number of aromatic nitrogens is 1. The van der Waals surface area contributed by atoms with Gasteiger partial charge in [-0.05, 0) is 30.3 Å². The maximum Gasteiger partial charge on any atom is 0.256 e. The van der Waals surface area contributed by atoms with E-state index in [0.29, 0.717) is 11.3 Å². The van der Waals surface area contributed by atoms with Gasteiger partial charge in [-0.3, -0.25) is 4.79 Å². The standard InChI is InChI=1S/C18H15N5O/c19-18(20)22-11-5-6-16-13(8-11)14(17(24)23-16)7-10-9-21-15-4-2-1-3-12(10)15/h1-9,21H,(H,23,24)(H4,19,20,22). The number of para-hydroxylation sites is 1. The second kappa shape index (κ2) is 5.27. The zero-order valence-electron chi connectivity index (χ0n) is 12.7. The molecule has 1 amide bonds. The molecule has 1 aliphatic rings. The molecule has 6 nitrogen and oxygen atoms in total. The Morgan fingerprint density at radius 2 is 1.96 bits per heavy atom. The van der Waals surface area contributed by atoms with Gasteiger partial charge in [0, 0.05) is 39.5 Å². The highest BCUT2D eigenvalue weighted by Gasteiger charge is 2.24. The average molecular weight is 317 g/mol. The highest BCUT2D eigenvalue weighted by Crippen LogP contribution is 2.36. The Bertz CT molecular complexity index is 1020. The third-order valence-electron chi connectivity index (χ3n) is 3.97. The monoisotopic (exact) mass is 317 g/mol. The Hall–Kier alpha value is -3.54. The van der Waals surface area contributed by atoms with E-state index in [1.807, 2.05) is 36.5 Å². The molecule has 1 aromatic heterocycles. The van der Waals surface area contributed by atoms with Crippen molar-refractivity contribution < 1.29 is 4.79 Å². The highest BCUT2D eigenvalue weighted by atomic mass is 16.2. The maximum absolute atomic E-state index is 12.4. The van der Waals surface area contributed by atoms with E-state index in [9.17, 15) is 4.79 Å². The van der Waals surface area contributed by atoms with E-state index in [-0.39, 0.29) is 11.9 Å². The van der Waals surface area contributed by atoms with E-state index in [1.165, 1.54) is 0 Å². The van der Waals surface area contributed by atoms with Crippen molar-refractivity contribution in [1.82, 2.24) is 4.98 Å². The lowest BCUT2D eigenvalue weighted by Gasteiger charge is -2.01. The molecule has 0 bridgehead atoms. The number of anilines is 1. The first-order valence-electron chi connectivity index (χ1n) is 7.45. The lowest BCUT2D eigenvalue weighted by molar-refractivity contribution is -0.110. The van der Waals surface area contributed by atoms with Crippen LogP contribution in [-0.4, -0.2) is 16.9 Å². The van der Waals surface area contributed by atoms with Gasteiger partial charge in [-0.25, -0.2) is 4.99 Å². The lowest BCUT2D eigenvalue weighted by atomic mass is 10.0. The minimum absolute atomic E-state index is 0.0191. The van der Waals surface area contributed by atoms with Gasteiger partial charge in [0.2, 0.25) is 0 Å². The fourth-order valence-corrected chi connectivity index (χ4v) is 2.91. The highest BCUT2D eigenvalue weighted by molar-refractivity contribution is 6.35. The first-order valence-corrected chi connectivity index (χ1v) is 7.45. The SMILES string of the molecule is NC(N)=Nc1ccc2c(c1)C(=Cc1c[nH]c3ccccc13)C(=O)N2. The van der Waals surface area contributed by atoms with Gasteiger partial charge < -0.3 is 21.8 Å². The third kappa shape index (κ3) is 2.30. The largest absolute Gasteiger partial charge is 0.370 e. The molecule has 0 aliphatic carbocycles. The number of aromatic amines is 1. The van der Waals surface area contributed by atoms with Crippen LogP contribution in [0.25, 0.3) is 22.6 Å². The molecule has 4 rings (SSSR count). The number of rotatable bonds is 2.